The van der Waals surface area contributed by atoms with Crippen LogP contribution in [0.4, 0.5) is 0 Å². The van der Waals surface area contributed by atoms with Crippen LogP contribution in [0.25, 0.3) is 0 Å². The minimum Gasteiger partial charge on any atom is -0.472 e. The minimum atomic E-state index is 0.123. The minimum absolute atomic E-state index is 0.123. The molecule has 0 bridgehead atoms. The monoisotopic (exact) mass is 179 g/mol. The van der Waals surface area contributed by atoms with E-state index in [0.29, 0.717) is 11.6 Å². The second-order valence-electron chi connectivity index (χ2n) is 3.51. The van der Waals surface area contributed by atoms with Crippen molar-refractivity contribution < 1.29 is 9.21 Å². The molecule has 0 aromatic carbocycles. The largest absolute Gasteiger partial charge is 0.472 e. The molecule has 2 unspecified atom stereocenters. The Morgan fingerprint density at radius 1 is 1.69 bits per heavy atom. The molecule has 1 aromatic rings. The molecule has 3 nitrogen and oxygen atoms in total. The summed E-state index contributed by atoms with van der Waals surface area (Å²) < 4.78 is 4.89. The first-order chi connectivity index (χ1) is 6.29. The summed E-state index contributed by atoms with van der Waals surface area (Å²) in [5, 5.41) is 3.26. The number of carbonyl (C=O) groups is 1. The van der Waals surface area contributed by atoms with Gasteiger partial charge in [-0.05, 0) is 26.0 Å². The molecule has 0 aliphatic carbocycles. The predicted molar refractivity (Wildman–Crippen MR) is 48.6 cm³/mol. The van der Waals surface area contributed by atoms with E-state index in [4.69, 9.17) is 4.42 Å². The Kier molecular flexibility index (Phi) is 2.19. The van der Waals surface area contributed by atoms with E-state index in [0.717, 1.165) is 13.0 Å². The van der Waals surface area contributed by atoms with Crippen molar-refractivity contribution in [2.45, 2.75) is 19.4 Å². The van der Waals surface area contributed by atoms with Gasteiger partial charge in [-0.3, -0.25) is 4.79 Å². The first-order valence-corrected chi connectivity index (χ1v) is 4.59. The quantitative estimate of drug-likeness (QED) is 0.699. The summed E-state index contributed by atoms with van der Waals surface area (Å²) in [5.41, 5.74) is 0.695. The predicted octanol–water partition coefficient (Wildman–Crippen LogP) is 1.46. The van der Waals surface area contributed by atoms with Gasteiger partial charge in [-0.15, -0.1) is 0 Å². The molecule has 0 spiro atoms. The van der Waals surface area contributed by atoms with Crippen LogP contribution in [-0.2, 0) is 0 Å². The van der Waals surface area contributed by atoms with Gasteiger partial charge >= 0.3 is 0 Å². The molecular weight excluding hydrogens is 166 g/mol. The Bertz CT molecular complexity index is 292. The number of carbonyl (C=O) groups excluding carboxylic acids is 1. The second kappa shape index (κ2) is 3.34. The Hall–Kier alpha value is -1.09. The fraction of sp³-hybridized carbons (Fsp3) is 0.500. The fourth-order valence-electron chi connectivity index (χ4n) is 1.84. The SMILES string of the molecule is CC1NCCC1C(=O)c1ccoc1. The first kappa shape index (κ1) is 8.51. The van der Waals surface area contributed by atoms with Crippen LogP contribution < -0.4 is 5.32 Å². The first-order valence-electron chi connectivity index (χ1n) is 4.59. The Morgan fingerprint density at radius 3 is 3.08 bits per heavy atom. The topological polar surface area (TPSA) is 42.2 Å². The van der Waals surface area contributed by atoms with Crippen LogP contribution in [-0.4, -0.2) is 18.4 Å². The van der Waals surface area contributed by atoms with Crippen LogP contribution in [0.2, 0.25) is 0 Å². The average Bonchev–Trinajstić information content (AvgIpc) is 2.72. The van der Waals surface area contributed by atoms with E-state index in [1.54, 1.807) is 12.3 Å². The van der Waals surface area contributed by atoms with Crippen molar-refractivity contribution in [2.24, 2.45) is 5.92 Å². The lowest BCUT2D eigenvalue weighted by molar-refractivity contribution is 0.0913. The molecule has 0 saturated carbocycles. The Balaban J connectivity index is 2.13. The van der Waals surface area contributed by atoms with Crippen molar-refractivity contribution in [3.05, 3.63) is 24.2 Å². The van der Waals surface area contributed by atoms with Gasteiger partial charge in [-0.25, -0.2) is 0 Å². The molecule has 1 aliphatic rings. The third kappa shape index (κ3) is 1.52. The highest BCUT2D eigenvalue weighted by Gasteiger charge is 2.30. The maximum absolute atomic E-state index is 11.8. The maximum atomic E-state index is 11.8. The van der Waals surface area contributed by atoms with Crippen LogP contribution >= 0.6 is 0 Å². The molecular formula is C10H13NO2. The second-order valence-corrected chi connectivity index (χ2v) is 3.51. The zero-order valence-corrected chi connectivity index (χ0v) is 7.62. The number of ketones is 1. The molecule has 1 saturated heterocycles. The number of rotatable bonds is 2. The number of Topliss-reactive ketones (excluding diaryl/α,β-unsaturated/α-hetero) is 1. The summed E-state index contributed by atoms with van der Waals surface area (Å²) in [7, 11) is 0. The Labute approximate surface area is 77.1 Å². The molecule has 0 radical (unpaired) electrons. The van der Waals surface area contributed by atoms with E-state index in [2.05, 4.69) is 12.2 Å². The van der Waals surface area contributed by atoms with Gasteiger partial charge in [0, 0.05) is 12.0 Å². The maximum Gasteiger partial charge on any atom is 0.170 e. The fourth-order valence-corrected chi connectivity index (χ4v) is 1.84. The molecule has 1 N–H and O–H groups in total. The highest BCUT2D eigenvalue weighted by atomic mass is 16.3. The number of nitrogens with one attached hydrogen (secondary N) is 1. The highest BCUT2D eigenvalue weighted by Crippen LogP contribution is 2.20. The van der Waals surface area contributed by atoms with Gasteiger partial charge in [-0.2, -0.15) is 0 Å². The molecule has 1 aliphatic heterocycles. The van der Waals surface area contributed by atoms with E-state index in [9.17, 15) is 4.79 Å². The molecule has 0 amide bonds. The van der Waals surface area contributed by atoms with Gasteiger partial charge in [-0.1, -0.05) is 0 Å². The van der Waals surface area contributed by atoms with Crippen molar-refractivity contribution in [1.29, 1.82) is 0 Å². The smallest absolute Gasteiger partial charge is 0.170 e. The summed E-state index contributed by atoms with van der Waals surface area (Å²) in [6.07, 6.45) is 4.00. The third-order valence-electron chi connectivity index (χ3n) is 2.67. The lowest BCUT2D eigenvalue weighted by atomic mass is 9.93. The van der Waals surface area contributed by atoms with Crippen LogP contribution in [0.15, 0.2) is 23.0 Å². The molecule has 70 valence electrons. The molecule has 1 fully saturated rings. The standard InChI is InChI=1S/C10H13NO2/c1-7-9(2-4-11-7)10(12)8-3-5-13-6-8/h3,5-7,9,11H,2,4H2,1H3. The summed E-state index contributed by atoms with van der Waals surface area (Å²) in [6.45, 7) is 2.99. The van der Waals surface area contributed by atoms with Crippen molar-refractivity contribution in [2.75, 3.05) is 6.54 Å². The highest BCUT2D eigenvalue weighted by molar-refractivity contribution is 5.98. The molecule has 2 atom stereocenters. The van der Waals surface area contributed by atoms with Gasteiger partial charge in [0.25, 0.3) is 0 Å². The van der Waals surface area contributed by atoms with Gasteiger partial charge in [0.1, 0.15) is 6.26 Å². The van der Waals surface area contributed by atoms with Crippen molar-refractivity contribution in [3.8, 4) is 0 Å². The van der Waals surface area contributed by atoms with E-state index in [-0.39, 0.29) is 11.7 Å². The average molecular weight is 179 g/mol. The summed E-state index contributed by atoms with van der Waals surface area (Å²) in [5.74, 6) is 0.323. The lowest BCUT2D eigenvalue weighted by Crippen LogP contribution is -2.27. The summed E-state index contributed by atoms with van der Waals surface area (Å²) in [6, 6.07) is 2.02. The van der Waals surface area contributed by atoms with Crippen LogP contribution in [0, 0.1) is 5.92 Å². The normalized spacial score (nSPS) is 27.8. The third-order valence-corrected chi connectivity index (χ3v) is 2.67. The molecule has 2 heterocycles. The molecule has 2 rings (SSSR count). The van der Waals surface area contributed by atoms with E-state index in [1.807, 2.05) is 0 Å². The summed E-state index contributed by atoms with van der Waals surface area (Å²) >= 11 is 0. The number of hydrogen-bond donors (Lipinski definition) is 1. The van der Waals surface area contributed by atoms with Crippen LogP contribution in [0.3, 0.4) is 0 Å². The van der Waals surface area contributed by atoms with E-state index in [1.165, 1.54) is 6.26 Å². The zero-order valence-electron chi connectivity index (χ0n) is 7.62. The van der Waals surface area contributed by atoms with Crippen molar-refractivity contribution >= 4 is 5.78 Å². The van der Waals surface area contributed by atoms with Gasteiger partial charge < -0.3 is 9.73 Å². The molecule has 1 aromatic heterocycles. The zero-order chi connectivity index (χ0) is 9.26. The number of hydrogen-bond acceptors (Lipinski definition) is 3. The summed E-state index contributed by atoms with van der Waals surface area (Å²) in [4.78, 5) is 11.8. The van der Waals surface area contributed by atoms with Crippen molar-refractivity contribution in [1.82, 2.24) is 5.32 Å². The lowest BCUT2D eigenvalue weighted by Gasteiger charge is -2.11. The Morgan fingerprint density at radius 2 is 2.54 bits per heavy atom. The van der Waals surface area contributed by atoms with Gasteiger partial charge in [0.2, 0.25) is 0 Å². The van der Waals surface area contributed by atoms with Crippen molar-refractivity contribution in [3.63, 3.8) is 0 Å². The van der Waals surface area contributed by atoms with Crippen LogP contribution in [0.5, 0.6) is 0 Å². The molecule has 13 heavy (non-hydrogen) atoms. The van der Waals surface area contributed by atoms with E-state index < -0.39 is 0 Å². The van der Waals surface area contributed by atoms with Gasteiger partial charge in [0.15, 0.2) is 5.78 Å². The molecule has 3 heteroatoms. The van der Waals surface area contributed by atoms with E-state index >= 15 is 0 Å². The number of furan rings is 1. The van der Waals surface area contributed by atoms with Crippen LogP contribution in [0.1, 0.15) is 23.7 Å². The van der Waals surface area contributed by atoms with Gasteiger partial charge in [0.05, 0.1) is 11.8 Å².